The molecule has 0 amide bonds. The van der Waals surface area contributed by atoms with Gasteiger partial charge in [-0.25, -0.2) is 4.79 Å². The fourth-order valence-corrected chi connectivity index (χ4v) is 4.10. The molecule has 1 aliphatic rings. The van der Waals surface area contributed by atoms with Crippen molar-refractivity contribution in [2.45, 2.75) is 26.2 Å². The second-order valence-electron chi connectivity index (χ2n) is 7.01. The summed E-state index contributed by atoms with van der Waals surface area (Å²) >= 11 is 6.25. The molecule has 0 bridgehead atoms. The third kappa shape index (κ3) is 2.77. The Balaban J connectivity index is 1.69. The Morgan fingerprint density at radius 3 is 2.85 bits per heavy atom. The fraction of sp³-hybridized carbons (Fsp3) is 0.182. The van der Waals surface area contributed by atoms with Crippen molar-refractivity contribution in [3.8, 4) is 0 Å². The number of nitrogens with zero attached hydrogens (tertiary/aromatic N) is 1. The van der Waals surface area contributed by atoms with E-state index in [1.165, 1.54) is 11.6 Å². The molecule has 0 unspecified atom stereocenters. The van der Waals surface area contributed by atoms with E-state index in [0.717, 1.165) is 58.2 Å². The minimum Gasteiger partial charge on any atom is -0.423 e. The molecule has 27 heavy (non-hydrogen) atoms. The lowest BCUT2D eigenvalue weighted by Gasteiger charge is -2.15. The number of nitrogens with one attached hydrogen (secondary N) is 1. The average molecular weight is 377 g/mol. The van der Waals surface area contributed by atoms with Crippen molar-refractivity contribution in [1.29, 1.82) is 0 Å². The van der Waals surface area contributed by atoms with Crippen LogP contribution in [0.25, 0.3) is 21.9 Å². The Bertz CT molecular complexity index is 1280. The summed E-state index contributed by atoms with van der Waals surface area (Å²) in [5, 5.41) is 6.18. The fourth-order valence-electron chi connectivity index (χ4n) is 3.92. The third-order valence-electron chi connectivity index (χ3n) is 5.19. The van der Waals surface area contributed by atoms with Crippen molar-refractivity contribution in [1.82, 2.24) is 4.98 Å². The lowest BCUT2D eigenvalue weighted by Crippen LogP contribution is -2.01. The molecule has 134 valence electrons. The van der Waals surface area contributed by atoms with Crippen LogP contribution in [0.1, 0.15) is 23.2 Å². The highest BCUT2D eigenvalue weighted by Gasteiger charge is 2.20. The molecular weight excluding hydrogens is 360 g/mol. The van der Waals surface area contributed by atoms with Crippen LogP contribution < -0.4 is 10.9 Å². The lowest BCUT2D eigenvalue weighted by molar-refractivity contribution is 0.560. The molecule has 5 rings (SSSR count). The highest BCUT2D eigenvalue weighted by atomic mass is 35.5. The first-order valence-electron chi connectivity index (χ1n) is 9.01. The molecule has 0 saturated heterocycles. The van der Waals surface area contributed by atoms with Gasteiger partial charge in [-0.3, -0.25) is 4.98 Å². The van der Waals surface area contributed by atoms with Gasteiger partial charge in [0.2, 0.25) is 0 Å². The number of rotatable bonds is 2. The summed E-state index contributed by atoms with van der Waals surface area (Å²) in [5.41, 5.74) is 6.41. The molecule has 0 spiro atoms. The maximum absolute atomic E-state index is 11.7. The Morgan fingerprint density at radius 1 is 1.07 bits per heavy atom. The molecule has 5 heteroatoms. The van der Waals surface area contributed by atoms with E-state index in [1.54, 1.807) is 0 Å². The number of hydrogen-bond acceptors (Lipinski definition) is 4. The Labute approximate surface area is 160 Å². The molecule has 0 aliphatic heterocycles. The molecule has 1 aliphatic carbocycles. The number of pyridine rings is 1. The molecule has 4 aromatic rings. The smallest absolute Gasteiger partial charge is 0.336 e. The van der Waals surface area contributed by atoms with Crippen LogP contribution in [-0.2, 0) is 12.8 Å². The second kappa shape index (κ2) is 6.10. The monoisotopic (exact) mass is 376 g/mol. The van der Waals surface area contributed by atoms with Crippen LogP contribution in [0, 0.1) is 6.92 Å². The number of halogens is 1. The number of aromatic nitrogens is 1. The average Bonchev–Trinajstić information content (AvgIpc) is 3.10. The summed E-state index contributed by atoms with van der Waals surface area (Å²) < 4.78 is 5.39. The van der Waals surface area contributed by atoms with Crippen LogP contribution in [0.2, 0.25) is 5.02 Å². The largest absolute Gasteiger partial charge is 0.423 e. The molecule has 2 aromatic carbocycles. The summed E-state index contributed by atoms with van der Waals surface area (Å²) in [6, 6.07) is 13.2. The molecule has 0 atom stereocenters. The summed E-state index contributed by atoms with van der Waals surface area (Å²) in [7, 11) is 0. The number of benzene rings is 2. The van der Waals surface area contributed by atoms with E-state index in [1.807, 2.05) is 43.3 Å². The van der Waals surface area contributed by atoms with Gasteiger partial charge in [-0.2, -0.15) is 0 Å². The summed E-state index contributed by atoms with van der Waals surface area (Å²) in [4.78, 5) is 16.5. The van der Waals surface area contributed by atoms with E-state index in [4.69, 9.17) is 21.0 Å². The Morgan fingerprint density at radius 2 is 1.96 bits per heavy atom. The molecule has 0 radical (unpaired) electrons. The van der Waals surface area contributed by atoms with Crippen LogP contribution in [0.15, 0.2) is 51.7 Å². The van der Waals surface area contributed by atoms with Crippen LogP contribution in [-0.4, -0.2) is 4.98 Å². The topological polar surface area (TPSA) is 55.1 Å². The maximum atomic E-state index is 11.7. The normalized spacial score (nSPS) is 13.3. The van der Waals surface area contributed by atoms with E-state index in [9.17, 15) is 4.79 Å². The van der Waals surface area contributed by atoms with Gasteiger partial charge in [0.25, 0.3) is 0 Å². The van der Waals surface area contributed by atoms with Crippen LogP contribution in [0.4, 0.5) is 11.4 Å². The first-order valence-corrected chi connectivity index (χ1v) is 9.39. The summed E-state index contributed by atoms with van der Waals surface area (Å²) in [6.07, 6.45) is 3.09. The molecule has 1 N–H and O–H groups in total. The van der Waals surface area contributed by atoms with Gasteiger partial charge in [-0.15, -0.1) is 0 Å². The van der Waals surface area contributed by atoms with E-state index >= 15 is 0 Å². The number of aryl methyl sites for hydroxylation is 2. The Kier molecular flexibility index (Phi) is 3.69. The first kappa shape index (κ1) is 16.3. The number of hydrogen-bond donors (Lipinski definition) is 1. The van der Waals surface area contributed by atoms with Gasteiger partial charge in [-0.05, 0) is 67.6 Å². The molecule has 0 saturated carbocycles. The van der Waals surface area contributed by atoms with Crippen molar-refractivity contribution in [3.05, 3.63) is 74.7 Å². The minimum absolute atomic E-state index is 0.334. The van der Waals surface area contributed by atoms with Gasteiger partial charge < -0.3 is 9.73 Å². The molecule has 4 nitrogen and oxygen atoms in total. The van der Waals surface area contributed by atoms with Crippen molar-refractivity contribution in [2.24, 2.45) is 0 Å². The van der Waals surface area contributed by atoms with Gasteiger partial charge in [0.05, 0.1) is 11.2 Å². The van der Waals surface area contributed by atoms with E-state index in [-0.39, 0.29) is 5.63 Å². The van der Waals surface area contributed by atoms with Crippen molar-refractivity contribution >= 4 is 44.8 Å². The van der Waals surface area contributed by atoms with Gasteiger partial charge in [-0.1, -0.05) is 11.6 Å². The molecular formula is C22H17ClN2O2. The lowest BCUT2D eigenvalue weighted by atomic mass is 10.1. The van der Waals surface area contributed by atoms with E-state index in [0.29, 0.717) is 10.6 Å². The zero-order chi connectivity index (χ0) is 18.5. The van der Waals surface area contributed by atoms with Gasteiger partial charge in [0, 0.05) is 39.3 Å². The number of anilines is 2. The third-order valence-corrected chi connectivity index (χ3v) is 5.43. The van der Waals surface area contributed by atoms with Crippen LogP contribution in [0.5, 0.6) is 0 Å². The molecule has 0 fully saturated rings. The SMILES string of the molecule is Cc1cc(=O)oc2cc(Nc3c4c(nc5ccc(Cl)cc35)CCC4)ccc12. The quantitative estimate of drug-likeness (QED) is 0.467. The standard InChI is InChI=1S/C22H17ClN2O2/c1-12-9-21(26)27-20-11-14(6-7-15(12)20)24-22-16-3-2-4-18(16)25-19-8-5-13(23)10-17(19)22/h5-11H,2-4H2,1H3,(H,24,25). The van der Waals surface area contributed by atoms with Crippen molar-refractivity contribution in [2.75, 3.05) is 5.32 Å². The zero-order valence-corrected chi connectivity index (χ0v) is 15.6. The molecule has 2 heterocycles. The van der Waals surface area contributed by atoms with Gasteiger partial charge in [0.1, 0.15) is 5.58 Å². The van der Waals surface area contributed by atoms with E-state index in [2.05, 4.69) is 5.32 Å². The summed E-state index contributed by atoms with van der Waals surface area (Å²) in [5.74, 6) is 0. The molecule has 2 aromatic heterocycles. The maximum Gasteiger partial charge on any atom is 0.336 e. The van der Waals surface area contributed by atoms with E-state index < -0.39 is 0 Å². The van der Waals surface area contributed by atoms with Gasteiger partial charge >= 0.3 is 5.63 Å². The zero-order valence-electron chi connectivity index (χ0n) is 14.8. The predicted molar refractivity (Wildman–Crippen MR) is 109 cm³/mol. The number of fused-ring (bicyclic) bond motifs is 3. The Hall–Kier alpha value is -2.85. The first-order chi connectivity index (χ1) is 13.1. The second-order valence-corrected chi connectivity index (χ2v) is 7.45. The highest BCUT2D eigenvalue weighted by molar-refractivity contribution is 6.31. The van der Waals surface area contributed by atoms with Crippen LogP contribution >= 0.6 is 11.6 Å². The van der Waals surface area contributed by atoms with Crippen molar-refractivity contribution in [3.63, 3.8) is 0 Å². The van der Waals surface area contributed by atoms with Gasteiger partial charge in [0.15, 0.2) is 0 Å². The highest BCUT2D eigenvalue weighted by Crippen LogP contribution is 2.37. The minimum atomic E-state index is -0.334. The van der Waals surface area contributed by atoms with Crippen molar-refractivity contribution < 1.29 is 4.42 Å². The predicted octanol–water partition coefficient (Wildman–Crippen LogP) is 5.54. The summed E-state index contributed by atoms with van der Waals surface area (Å²) in [6.45, 7) is 1.91. The van der Waals surface area contributed by atoms with Crippen LogP contribution in [0.3, 0.4) is 0 Å².